The maximum atomic E-state index is 10.4. The molecular formula is C23H29ClN2O3. The maximum absolute atomic E-state index is 10.4. The summed E-state index contributed by atoms with van der Waals surface area (Å²) in [7, 11) is 1.67. The molecule has 1 heterocycles. The monoisotopic (exact) mass is 416 g/mol. The first-order chi connectivity index (χ1) is 14.1. The van der Waals surface area contributed by atoms with Gasteiger partial charge in [0.15, 0.2) is 0 Å². The summed E-state index contributed by atoms with van der Waals surface area (Å²) in [6.07, 6.45) is 2.08. The Labute approximate surface area is 177 Å². The van der Waals surface area contributed by atoms with Gasteiger partial charge in [-0.25, -0.2) is 0 Å². The van der Waals surface area contributed by atoms with Crippen LogP contribution in [0.1, 0.15) is 37.3 Å². The molecule has 0 spiro atoms. The van der Waals surface area contributed by atoms with Crippen molar-refractivity contribution >= 4 is 17.3 Å². The molecule has 0 bridgehead atoms. The third-order valence-corrected chi connectivity index (χ3v) is 5.26. The topological polar surface area (TPSA) is 54.3 Å². The van der Waals surface area contributed by atoms with Gasteiger partial charge < -0.3 is 14.7 Å². The Morgan fingerprint density at radius 2 is 2.07 bits per heavy atom. The lowest BCUT2D eigenvalue weighted by Crippen LogP contribution is -2.37. The summed E-state index contributed by atoms with van der Waals surface area (Å²) in [5.41, 5.74) is 3.11. The summed E-state index contributed by atoms with van der Waals surface area (Å²) in [5, 5.41) is 15.4. The molecule has 1 N–H and O–H groups in total. The first-order valence-electron chi connectivity index (χ1n) is 10.1. The van der Waals surface area contributed by atoms with Gasteiger partial charge in [-0.3, -0.25) is 4.90 Å². The van der Waals surface area contributed by atoms with Crippen LogP contribution in [0.4, 0.5) is 0 Å². The van der Waals surface area contributed by atoms with Gasteiger partial charge in [0, 0.05) is 31.1 Å². The minimum atomic E-state index is -0.358. The van der Waals surface area contributed by atoms with Gasteiger partial charge in [0.25, 0.3) is 0 Å². The van der Waals surface area contributed by atoms with Gasteiger partial charge in [-0.15, -0.1) is 0 Å². The molecule has 6 heteroatoms. The van der Waals surface area contributed by atoms with Crippen molar-refractivity contribution in [1.82, 2.24) is 4.90 Å². The number of ether oxygens (including phenoxy) is 1. The average molecular weight is 417 g/mol. The van der Waals surface area contributed by atoms with Gasteiger partial charge in [0.05, 0.1) is 18.9 Å². The fraction of sp³-hybridized carbons (Fsp3) is 0.435. The van der Waals surface area contributed by atoms with E-state index in [0.717, 1.165) is 41.9 Å². The zero-order valence-electron chi connectivity index (χ0n) is 17.1. The van der Waals surface area contributed by atoms with E-state index in [1.807, 2.05) is 42.5 Å². The minimum Gasteiger partial charge on any atom is -0.497 e. The zero-order valence-corrected chi connectivity index (χ0v) is 17.8. The number of aliphatic hydroxyl groups excluding tert-OH is 1. The summed E-state index contributed by atoms with van der Waals surface area (Å²) in [6.45, 7) is 4.09. The molecular weight excluding hydrogens is 388 g/mol. The van der Waals surface area contributed by atoms with E-state index >= 15 is 0 Å². The fourth-order valence-corrected chi connectivity index (χ4v) is 3.71. The van der Waals surface area contributed by atoms with Crippen LogP contribution in [0.15, 0.2) is 53.7 Å². The second-order valence-electron chi connectivity index (χ2n) is 7.46. The quantitative estimate of drug-likeness (QED) is 0.619. The van der Waals surface area contributed by atoms with Crippen molar-refractivity contribution in [2.75, 3.05) is 20.2 Å². The molecule has 1 aliphatic rings. The lowest BCUT2D eigenvalue weighted by atomic mass is 10.0. The number of hydrogen-bond donors (Lipinski definition) is 1. The molecule has 5 nitrogen and oxygen atoms in total. The molecule has 0 fully saturated rings. The molecule has 2 aromatic rings. The van der Waals surface area contributed by atoms with Crippen molar-refractivity contribution in [2.45, 2.75) is 44.9 Å². The highest BCUT2D eigenvalue weighted by Crippen LogP contribution is 2.21. The molecule has 1 aliphatic heterocycles. The number of oxime groups is 1. The number of rotatable bonds is 10. The van der Waals surface area contributed by atoms with Crippen molar-refractivity contribution in [1.29, 1.82) is 0 Å². The Morgan fingerprint density at radius 1 is 1.28 bits per heavy atom. The van der Waals surface area contributed by atoms with Crippen LogP contribution in [0.25, 0.3) is 0 Å². The Morgan fingerprint density at radius 3 is 2.79 bits per heavy atom. The van der Waals surface area contributed by atoms with Crippen LogP contribution in [-0.4, -0.2) is 48.1 Å². The number of benzene rings is 2. The molecule has 0 amide bonds. The van der Waals surface area contributed by atoms with Crippen LogP contribution >= 0.6 is 11.6 Å². The predicted molar refractivity (Wildman–Crippen MR) is 117 cm³/mol. The standard InChI is InChI=1S/C23H29ClN2O3/c1-3-5-20(27)15-26(14-17-6-4-7-21(12-17)28-2)16-22-13-23(25-29-22)18-8-10-19(24)11-9-18/h4,6-12,20,22,27H,3,5,13-16H2,1-2H3/t20-,22+/m0/s1. The van der Waals surface area contributed by atoms with E-state index < -0.39 is 0 Å². The van der Waals surface area contributed by atoms with Crippen LogP contribution in [0.2, 0.25) is 5.02 Å². The highest BCUT2D eigenvalue weighted by molar-refractivity contribution is 6.30. The molecule has 0 unspecified atom stereocenters. The summed E-state index contributed by atoms with van der Waals surface area (Å²) in [4.78, 5) is 7.95. The highest BCUT2D eigenvalue weighted by Gasteiger charge is 2.25. The van der Waals surface area contributed by atoms with E-state index in [0.29, 0.717) is 24.7 Å². The molecule has 0 saturated carbocycles. The van der Waals surface area contributed by atoms with Gasteiger partial charge in [0.1, 0.15) is 11.9 Å². The number of hydrogen-bond acceptors (Lipinski definition) is 5. The van der Waals surface area contributed by atoms with E-state index in [1.165, 1.54) is 0 Å². The van der Waals surface area contributed by atoms with E-state index in [2.05, 4.69) is 23.0 Å². The molecule has 156 valence electrons. The van der Waals surface area contributed by atoms with Gasteiger partial charge in [-0.2, -0.15) is 0 Å². The molecule has 0 saturated heterocycles. The average Bonchev–Trinajstić information content (AvgIpc) is 3.17. The number of methoxy groups -OCH3 is 1. The fourth-order valence-electron chi connectivity index (χ4n) is 3.58. The number of halogens is 1. The van der Waals surface area contributed by atoms with Gasteiger partial charge in [-0.1, -0.05) is 54.4 Å². The Kier molecular flexibility index (Phi) is 7.92. The van der Waals surface area contributed by atoms with Crippen molar-refractivity contribution in [2.24, 2.45) is 5.16 Å². The SMILES string of the molecule is CCC[C@H](O)CN(Cc1cccc(OC)c1)C[C@H]1CC(c2ccc(Cl)cc2)=NO1. The van der Waals surface area contributed by atoms with Gasteiger partial charge in [0.2, 0.25) is 0 Å². The molecule has 0 aromatic heterocycles. The molecule has 3 rings (SSSR count). The predicted octanol–water partition coefficient (Wildman–Crippen LogP) is 4.50. The Bertz CT molecular complexity index is 810. The summed E-state index contributed by atoms with van der Waals surface area (Å²) in [5.74, 6) is 0.835. The number of nitrogens with zero attached hydrogens (tertiary/aromatic N) is 2. The van der Waals surface area contributed by atoms with E-state index in [9.17, 15) is 5.11 Å². The Hall–Kier alpha value is -2.08. The second kappa shape index (κ2) is 10.6. The Balaban J connectivity index is 1.64. The lowest BCUT2D eigenvalue weighted by molar-refractivity contribution is 0.0305. The van der Waals surface area contributed by atoms with Crippen molar-refractivity contribution in [3.8, 4) is 5.75 Å². The van der Waals surface area contributed by atoms with Crippen LogP contribution in [0.3, 0.4) is 0 Å². The summed E-state index contributed by atoms with van der Waals surface area (Å²) in [6, 6.07) is 15.7. The minimum absolute atomic E-state index is 0.0416. The van der Waals surface area contributed by atoms with E-state index in [4.69, 9.17) is 21.2 Å². The van der Waals surface area contributed by atoms with Crippen molar-refractivity contribution in [3.63, 3.8) is 0 Å². The van der Waals surface area contributed by atoms with Crippen LogP contribution in [-0.2, 0) is 11.4 Å². The van der Waals surface area contributed by atoms with Crippen molar-refractivity contribution in [3.05, 3.63) is 64.7 Å². The van der Waals surface area contributed by atoms with E-state index in [1.54, 1.807) is 7.11 Å². The smallest absolute Gasteiger partial charge is 0.145 e. The zero-order chi connectivity index (χ0) is 20.6. The normalized spacial score (nSPS) is 17.1. The highest BCUT2D eigenvalue weighted by atomic mass is 35.5. The molecule has 2 atom stereocenters. The molecule has 2 aromatic carbocycles. The number of aliphatic hydroxyl groups is 1. The maximum Gasteiger partial charge on any atom is 0.145 e. The summed E-state index contributed by atoms with van der Waals surface area (Å²) < 4.78 is 5.34. The third kappa shape index (κ3) is 6.46. The first-order valence-corrected chi connectivity index (χ1v) is 10.5. The molecule has 0 aliphatic carbocycles. The van der Waals surface area contributed by atoms with Crippen molar-refractivity contribution < 1.29 is 14.7 Å². The van der Waals surface area contributed by atoms with Gasteiger partial charge in [-0.05, 0) is 41.8 Å². The van der Waals surface area contributed by atoms with Crippen LogP contribution < -0.4 is 4.74 Å². The first kappa shape index (κ1) is 21.6. The second-order valence-corrected chi connectivity index (χ2v) is 7.90. The lowest BCUT2D eigenvalue weighted by Gasteiger charge is -2.27. The van der Waals surface area contributed by atoms with Crippen LogP contribution in [0.5, 0.6) is 5.75 Å². The third-order valence-electron chi connectivity index (χ3n) is 5.00. The van der Waals surface area contributed by atoms with Crippen LogP contribution in [0, 0.1) is 0 Å². The van der Waals surface area contributed by atoms with Gasteiger partial charge >= 0.3 is 0 Å². The largest absolute Gasteiger partial charge is 0.497 e. The van der Waals surface area contributed by atoms with E-state index in [-0.39, 0.29) is 12.2 Å². The summed E-state index contributed by atoms with van der Waals surface area (Å²) >= 11 is 5.98. The molecule has 29 heavy (non-hydrogen) atoms. The molecule has 0 radical (unpaired) electrons.